The van der Waals surface area contributed by atoms with E-state index in [1.165, 1.54) is 0 Å². The van der Waals surface area contributed by atoms with Gasteiger partial charge in [0.25, 0.3) is 0 Å². The largest absolute Gasteiger partial charge is 0.444 e. The van der Waals surface area contributed by atoms with Crippen LogP contribution < -0.4 is 10.6 Å². The van der Waals surface area contributed by atoms with Gasteiger partial charge >= 0.3 is 6.09 Å². The highest BCUT2D eigenvalue weighted by molar-refractivity contribution is 5.89. The molecule has 3 N–H and O–H groups in total. The molecule has 3 aliphatic rings. The lowest BCUT2D eigenvalue weighted by Gasteiger charge is -2.39. The van der Waals surface area contributed by atoms with Crippen LogP contribution in [0.25, 0.3) is 11.0 Å². The van der Waals surface area contributed by atoms with Crippen molar-refractivity contribution in [1.29, 1.82) is 0 Å². The number of aryl methyl sites for hydroxylation is 1. The molecule has 3 aromatic rings. The topological polar surface area (TPSA) is 135 Å². The summed E-state index contributed by atoms with van der Waals surface area (Å²) in [5.41, 5.74) is 1.17. The standard InChI is InChI=1S/C26H37N9O3/c1-15-11-20(33-32-15)29-22-19-14-27-35(21-7-5-6-10-37-21)23(19)31-24(30-22)28-16-12-17-8-9-18(13-16)34(17)25(36)38-26(2,3)4/h11,14,16-18,21H,5-10,12-13H2,1-4H3,(H3,28,29,30,31,32,33)/t16-,17-,18+,21?. The van der Waals surface area contributed by atoms with Crippen LogP contribution in [0, 0.1) is 6.92 Å². The Morgan fingerprint density at radius 2 is 1.95 bits per heavy atom. The minimum absolute atomic E-state index is 0.141. The van der Waals surface area contributed by atoms with Crippen molar-refractivity contribution in [3.63, 3.8) is 0 Å². The Morgan fingerprint density at radius 3 is 2.61 bits per heavy atom. The third kappa shape index (κ3) is 5.01. The molecule has 4 atom stereocenters. The fourth-order valence-corrected chi connectivity index (χ4v) is 5.91. The molecule has 0 radical (unpaired) electrons. The Hall–Kier alpha value is -3.41. The van der Waals surface area contributed by atoms with Crippen LogP contribution in [0.15, 0.2) is 12.3 Å². The van der Waals surface area contributed by atoms with E-state index in [9.17, 15) is 4.79 Å². The number of anilines is 3. The molecule has 0 aromatic carbocycles. The molecule has 0 saturated carbocycles. The number of rotatable bonds is 5. The molecule has 6 rings (SSSR count). The second kappa shape index (κ2) is 9.72. The number of nitrogens with one attached hydrogen (secondary N) is 3. The summed E-state index contributed by atoms with van der Waals surface area (Å²) in [6.07, 6.45) is 8.11. The second-order valence-corrected chi connectivity index (χ2v) is 11.7. The van der Waals surface area contributed by atoms with Crippen molar-refractivity contribution in [3.8, 4) is 0 Å². The van der Waals surface area contributed by atoms with Crippen LogP contribution in [0.4, 0.5) is 22.4 Å². The maximum atomic E-state index is 12.9. The van der Waals surface area contributed by atoms with Crippen molar-refractivity contribution in [2.24, 2.45) is 0 Å². The Bertz CT molecular complexity index is 1290. The van der Waals surface area contributed by atoms with Crippen molar-refractivity contribution >= 4 is 34.7 Å². The summed E-state index contributed by atoms with van der Waals surface area (Å²) in [7, 11) is 0. The van der Waals surface area contributed by atoms with E-state index in [-0.39, 0.29) is 30.4 Å². The summed E-state index contributed by atoms with van der Waals surface area (Å²) in [5, 5.41) is 19.7. The van der Waals surface area contributed by atoms with Crippen LogP contribution in [0.3, 0.4) is 0 Å². The van der Waals surface area contributed by atoms with Gasteiger partial charge in [-0.2, -0.15) is 20.2 Å². The molecule has 3 fully saturated rings. The van der Waals surface area contributed by atoms with Crippen molar-refractivity contribution in [2.45, 2.75) is 103 Å². The lowest BCUT2D eigenvalue weighted by molar-refractivity contribution is -0.0370. The number of carbonyl (C=O) groups is 1. The average molecular weight is 524 g/mol. The maximum Gasteiger partial charge on any atom is 0.410 e. The number of aromatic amines is 1. The van der Waals surface area contributed by atoms with E-state index in [4.69, 9.17) is 19.4 Å². The summed E-state index contributed by atoms with van der Waals surface area (Å²) in [6.45, 7) is 8.41. The van der Waals surface area contributed by atoms with Crippen LogP contribution in [-0.4, -0.2) is 71.3 Å². The molecule has 3 saturated heterocycles. The van der Waals surface area contributed by atoms with Gasteiger partial charge in [-0.1, -0.05) is 0 Å². The van der Waals surface area contributed by atoms with Crippen LogP contribution in [0.2, 0.25) is 0 Å². The third-order valence-electron chi connectivity index (χ3n) is 7.51. The molecule has 1 amide bonds. The average Bonchev–Trinajstić information content (AvgIpc) is 3.54. The number of amides is 1. The number of aromatic nitrogens is 6. The molecule has 2 bridgehead atoms. The van der Waals surface area contributed by atoms with Gasteiger partial charge in [0.1, 0.15) is 11.4 Å². The smallest absolute Gasteiger partial charge is 0.410 e. The van der Waals surface area contributed by atoms with Gasteiger partial charge < -0.3 is 25.0 Å². The minimum atomic E-state index is -0.504. The van der Waals surface area contributed by atoms with Gasteiger partial charge in [0.15, 0.2) is 17.7 Å². The second-order valence-electron chi connectivity index (χ2n) is 11.7. The van der Waals surface area contributed by atoms with Crippen LogP contribution in [-0.2, 0) is 9.47 Å². The summed E-state index contributed by atoms with van der Waals surface area (Å²) < 4.78 is 13.6. The predicted molar refractivity (Wildman–Crippen MR) is 142 cm³/mol. The van der Waals surface area contributed by atoms with Gasteiger partial charge in [0.2, 0.25) is 5.95 Å². The molecule has 3 aliphatic heterocycles. The fraction of sp³-hybridized carbons (Fsp3) is 0.654. The summed E-state index contributed by atoms with van der Waals surface area (Å²) >= 11 is 0. The molecule has 6 heterocycles. The molecule has 0 spiro atoms. The quantitative estimate of drug-likeness (QED) is 0.437. The summed E-state index contributed by atoms with van der Waals surface area (Å²) in [4.78, 5) is 24.6. The first-order valence-electron chi connectivity index (χ1n) is 13.7. The van der Waals surface area contributed by atoms with E-state index in [0.717, 1.165) is 68.3 Å². The van der Waals surface area contributed by atoms with E-state index < -0.39 is 5.60 Å². The number of H-pyrrole nitrogens is 1. The molecule has 0 aliphatic carbocycles. The zero-order chi connectivity index (χ0) is 26.4. The summed E-state index contributed by atoms with van der Waals surface area (Å²) in [6, 6.07) is 2.37. The van der Waals surface area contributed by atoms with E-state index in [0.29, 0.717) is 17.6 Å². The zero-order valence-electron chi connectivity index (χ0n) is 22.5. The number of ether oxygens (including phenoxy) is 2. The molecule has 1 unspecified atom stereocenters. The Balaban J connectivity index is 1.26. The Labute approximate surface area is 221 Å². The van der Waals surface area contributed by atoms with Crippen molar-refractivity contribution in [2.75, 3.05) is 17.2 Å². The normalized spacial score (nSPS) is 25.5. The lowest BCUT2D eigenvalue weighted by Crippen LogP contribution is -2.51. The van der Waals surface area contributed by atoms with E-state index >= 15 is 0 Å². The van der Waals surface area contributed by atoms with E-state index in [2.05, 4.69) is 25.9 Å². The molecular weight excluding hydrogens is 486 g/mol. The number of hydrogen-bond donors (Lipinski definition) is 3. The third-order valence-corrected chi connectivity index (χ3v) is 7.51. The first-order valence-corrected chi connectivity index (χ1v) is 13.7. The molecular formula is C26H37N9O3. The van der Waals surface area contributed by atoms with Gasteiger partial charge in [-0.15, -0.1) is 0 Å². The van der Waals surface area contributed by atoms with Crippen LogP contribution in [0.5, 0.6) is 0 Å². The number of carbonyl (C=O) groups excluding carboxylic acids is 1. The molecule has 3 aromatic heterocycles. The van der Waals surface area contributed by atoms with Crippen LogP contribution in [0.1, 0.15) is 77.6 Å². The number of hydrogen-bond acceptors (Lipinski definition) is 9. The molecule has 38 heavy (non-hydrogen) atoms. The van der Waals surface area contributed by atoms with Gasteiger partial charge in [-0.25, -0.2) is 9.48 Å². The number of piperidine rings is 1. The van der Waals surface area contributed by atoms with Gasteiger partial charge in [0, 0.05) is 36.5 Å². The lowest BCUT2D eigenvalue weighted by atomic mass is 9.98. The van der Waals surface area contributed by atoms with Gasteiger partial charge in [0.05, 0.1) is 11.6 Å². The maximum absolute atomic E-state index is 12.9. The Morgan fingerprint density at radius 1 is 1.16 bits per heavy atom. The van der Waals surface area contributed by atoms with Gasteiger partial charge in [-0.3, -0.25) is 5.10 Å². The van der Waals surface area contributed by atoms with Crippen molar-refractivity contribution < 1.29 is 14.3 Å². The molecule has 12 heteroatoms. The highest BCUT2D eigenvalue weighted by atomic mass is 16.6. The van der Waals surface area contributed by atoms with Crippen molar-refractivity contribution in [1.82, 2.24) is 34.8 Å². The summed E-state index contributed by atoms with van der Waals surface area (Å²) in [5.74, 6) is 1.85. The number of fused-ring (bicyclic) bond motifs is 3. The van der Waals surface area contributed by atoms with Gasteiger partial charge in [-0.05, 0) is 72.6 Å². The van der Waals surface area contributed by atoms with E-state index in [1.807, 2.05) is 43.3 Å². The van der Waals surface area contributed by atoms with E-state index in [1.54, 1.807) is 6.20 Å². The zero-order valence-corrected chi connectivity index (χ0v) is 22.5. The Kier molecular flexibility index (Phi) is 6.37. The molecule has 204 valence electrons. The van der Waals surface area contributed by atoms with Crippen molar-refractivity contribution in [3.05, 3.63) is 18.0 Å². The fourth-order valence-electron chi connectivity index (χ4n) is 5.91. The molecule has 12 nitrogen and oxygen atoms in total. The monoisotopic (exact) mass is 523 g/mol. The minimum Gasteiger partial charge on any atom is -0.444 e. The predicted octanol–water partition coefficient (Wildman–Crippen LogP) is 4.64. The highest BCUT2D eigenvalue weighted by Gasteiger charge is 2.45. The first-order chi connectivity index (χ1) is 18.2. The first kappa shape index (κ1) is 24.9. The highest BCUT2D eigenvalue weighted by Crippen LogP contribution is 2.38. The SMILES string of the molecule is Cc1cc(Nc2nc(N[C@@H]3C[C@H]4CC[C@@H](C3)N4C(=O)OC(C)(C)C)nc3c2cnn3C2CCCCO2)n[nH]1. The number of nitrogens with zero attached hydrogens (tertiary/aromatic N) is 6. The van der Waals surface area contributed by atoms with Crippen LogP contribution >= 0.6 is 0 Å².